The zero-order valence-corrected chi connectivity index (χ0v) is 12.8. The monoisotopic (exact) mass is 449 g/mol. The summed E-state index contributed by atoms with van der Waals surface area (Å²) in [5.41, 5.74) is 2.82. The average molecular weight is 450 g/mol. The van der Waals surface area contributed by atoms with Crippen LogP contribution in [0, 0.1) is 0 Å². The van der Waals surface area contributed by atoms with Crippen LogP contribution in [0.4, 0.5) is 0 Å². The first-order chi connectivity index (χ1) is 7.45. The van der Waals surface area contributed by atoms with E-state index in [0.29, 0.717) is 0 Å². The van der Waals surface area contributed by atoms with Crippen LogP contribution >= 0.6 is 0 Å². The fraction of sp³-hybridized carbons (Fsp3) is 0.167. The van der Waals surface area contributed by atoms with Gasteiger partial charge in [0.1, 0.15) is 0 Å². The van der Waals surface area contributed by atoms with E-state index in [9.17, 15) is 0 Å². The summed E-state index contributed by atoms with van der Waals surface area (Å²) in [4.78, 5) is 10.5. The fourth-order valence-electron chi connectivity index (χ4n) is 1.14. The molecule has 94 valence electrons. The second-order valence-corrected chi connectivity index (χ2v) is 5.84. The van der Waals surface area contributed by atoms with Gasteiger partial charge in [-0.05, 0) is 0 Å². The van der Waals surface area contributed by atoms with E-state index < -0.39 is 0 Å². The van der Waals surface area contributed by atoms with Crippen molar-refractivity contribution >= 4 is 0 Å². The number of pyridine rings is 2. The molecule has 2 heterocycles. The quantitative estimate of drug-likeness (QED) is 0.479. The molecule has 2 aromatic rings. The molecule has 0 aliphatic heterocycles. The third-order valence-electron chi connectivity index (χ3n) is 1.92. The predicted molar refractivity (Wildman–Crippen MR) is 55.9 cm³/mol. The zero-order chi connectivity index (χ0) is 10.3. The number of aromatic nitrogens is 2. The van der Waals surface area contributed by atoms with E-state index >= 15 is 0 Å². The van der Waals surface area contributed by atoms with Gasteiger partial charge in [-0.3, -0.25) is 0 Å². The van der Waals surface area contributed by atoms with Gasteiger partial charge < -0.3 is 24.8 Å². The van der Waals surface area contributed by atoms with Crippen LogP contribution in [0.25, 0.3) is 0 Å². The van der Waals surface area contributed by atoms with Gasteiger partial charge in [-0.2, -0.15) is 0 Å². The summed E-state index contributed by atoms with van der Waals surface area (Å²) in [6.07, 6.45) is 7.47. The second kappa shape index (κ2) is 9.58. The van der Waals surface area contributed by atoms with Crippen LogP contribution in [-0.2, 0) is 28.2 Å². The van der Waals surface area contributed by atoms with Crippen molar-refractivity contribution in [2.75, 3.05) is 0 Å². The van der Waals surface area contributed by atoms with Crippen LogP contribution in [-0.4, -0.2) is 9.97 Å². The van der Waals surface area contributed by atoms with Crippen LogP contribution in [0.1, 0.15) is 11.1 Å². The molecule has 0 radical (unpaired) electrons. The maximum absolute atomic E-state index is 4.02. The summed E-state index contributed by atoms with van der Waals surface area (Å²) in [6.45, 7) is 0. The molecule has 2 aromatic heterocycles. The number of hydrogen-bond donors (Lipinski definition) is 0. The molecular weight excluding hydrogens is 438 g/mol. The van der Waals surface area contributed by atoms with E-state index in [-0.39, 0.29) is 43.4 Å². The minimum atomic E-state index is 0. The van der Waals surface area contributed by atoms with Gasteiger partial charge >= 0.3 is 98.3 Å². The molecular formula is C12H12Cl2N2Pt. The fourth-order valence-corrected chi connectivity index (χ4v) is 3.80. The van der Waals surface area contributed by atoms with Crippen molar-refractivity contribution in [3.05, 3.63) is 60.2 Å². The predicted octanol–water partition coefficient (Wildman–Crippen LogP) is -3.73. The van der Waals surface area contributed by atoms with Crippen LogP contribution in [0.2, 0.25) is 0 Å². The van der Waals surface area contributed by atoms with Crippen molar-refractivity contribution in [2.45, 2.75) is 9.62 Å². The van der Waals surface area contributed by atoms with Gasteiger partial charge in [0.05, 0.1) is 0 Å². The summed E-state index contributed by atoms with van der Waals surface area (Å²) in [6, 6.07) is 8.41. The van der Waals surface area contributed by atoms with Gasteiger partial charge in [0, 0.05) is 0 Å². The summed E-state index contributed by atoms with van der Waals surface area (Å²) in [7, 11) is 0. The van der Waals surface area contributed by atoms with E-state index in [4.69, 9.17) is 0 Å². The molecule has 2 nitrogen and oxygen atoms in total. The molecule has 0 saturated heterocycles. The molecule has 0 amide bonds. The SMILES string of the molecule is [Cl-].[Cl-].c1cc([CH2][Pt+2][CH2]c2ccncc2)ccn1. The van der Waals surface area contributed by atoms with E-state index in [0.717, 1.165) is 0 Å². The Morgan fingerprint density at radius 1 is 0.706 bits per heavy atom. The second-order valence-electron chi connectivity index (χ2n) is 3.09. The summed E-state index contributed by atoms with van der Waals surface area (Å²) in [5, 5.41) is 0. The third kappa shape index (κ3) is 6.16. The number of halogens is 2. The molecule has 0 aliphatic carbocycles. The molecule has 0 aliphatic rings. The Morgan fingerprint density at radius 3 is 1.41 bits per heavy atom. The Labute approximate surface area is 123 Å². The molecule has 0 saturated carbocycles. The van der Waals surface area contributed by atoms with E-state index in [1.165, 1.54) is 20.7 Å². The van der Waals surface area contributed by atoms with E-state index in [2.05, 4.69) is 34.2 Å². The molecule has 5 heteroatoms. The maximum atomic E-state index is 4.02. The van der Waals surface area contributed by atoms with Gasteiger partial charge in [0.25, 0.3) is 0 Å². The normalized spacial score (nSPS) is 9.18. The first kappa shape index (κ1) is 16.6. The Kier molecular flexibility index (Phi) is 9.34. The molecule has 17 heavy (non-hydrogen) atoms. The van der Waals surface area contributed by atoms with Gasteiger partial charge in [-0.1, -0.05) is 0 Å². The molecule has 2 rings (SSSR count). The van der Waals surface area contributed by atoms with E-state index in [1.807, 2.05) is 24.8 Å². The van der Waals surface area contributed by atoms with Crippen molar-refractivity contribution in [1.29, 1.82) is 0 Å². The number of hydrogen-bond acceptors (Lipinski definition) is 2. The van der Waals surface area contributed by atoms with Gasteiger partial charge in [-0.25, -0.2) is 0 Å². The molecule has 0 aromatic carbocycles. The van der Waals surface area contributed by atoms with Crippen LogP contribution < -0.4 is 24.8 Å². The Hall–Kier alpha value is -0.432. The molecule has 0 N–H and O–H groups in total. The summed E-state index contributed by atoms with van der Waals surface area (Å²) < 4.78 is 0. The van der Waals surface area contributed by atoms with Crippen LogP contribution in [0.15, 0.2) is 49.1 Å². The third-order valence-corrected chi connectivity index (χ3v) is 4.91. The number of nitrogens with zero attached hydrogens (tertiary/aromatic N) is 2. The molecule has 0 spiro atoms. The molecule has 0 atom stereocenters. The molecule has 0 unspecified atom stereocenters. The van der Waals surface area contributed by atoms with Gasteiger partial charge in [-0.15, -0.1) is 0 Å². The van der Waals surface area contributed by atoms with Gasteiger partial charge in [0.15, 0.2) is 0 Å². The summed E-state index contributed by atoms with van der Waals surface area (Å²) in [5.74, 6) is 0. The van der Waals surface area contributed by atoms with E-state index in [1.54, 1.807) is 0 Å². The topological polar surface area (TPSA) is 25.8 Å². The van der Waals surface area contributed by atoms with Crippen LogP contribution in [0.3, 0.4) is 0 Å². The van der Waals surface area contributed by atoms with Crippen molar-refractivity contribution in [3.63, 3.8) is 0 Å². The standard InChI is InChI=1S/2C6H6N.2ClH.Pt/c2*1-6-2-4-7-5-3-6;;;/h2*2-5H,1H2;2*1H;/q;;;;+2/p-2. The average Bonchev–Trinajstić information content (AvgIpc) is 2.32. The van der Waals surface area contributed by atoms with Crippen molar-refractivity contribution < 1.29 is 43.4 Å². The minimum absolute atomic E-state index is 0. The Morgan fingerprint density at radius 2 is 1.06 bits per heavy atom. The van der Waals surface area contributed by atoms with Crippen molar-refractivity contribution in [1.82, 2.24) is 9.97 Å². The first-order valence-electron chi connectivity index (χ1n) is 4.68. The molecule has 0 fully saturated rings. The van der Waals surface area contributed by atoms with Gasteiger partial charge in [0.2, 0.25) is 0 Å². The van der Waals surface area contributed by atoms with Crippen LogP contribution in [0.5, 0.6) is 0 Å². The first-order valence-corrected chi connectivity index (χ1v) is 7.89. The zero-order valence-electron chi connectivity index (χ0n) is 9.00. The number of rotatable bonds is 4. The molecule has 0 bridgehead atoms. The summed E-state index contributed by atoms with van der Waals surface area (Å²) >= 11 is 0.202. The van der Waals surface area contributed by atoms with Crippen molar-refractivity contribution in [2.24, 2.45) is 0 Å². The Balaban J connectivity index is 0.00000128. The van der Waals surface area contributed by atoms with Crippen molar-refractivity contribution in [3.8, 4) is 0 Å². The Bertz CT molecular complexity index is 358.